The molecule has 1 aromatic carbocycles. The monoisotopic (exact) mass is 283 g/mol. The number of rotatable bonds is 4. The van der Waals surface area contributed by atoms with Crippen molar-refractivity contribution in [3.63, 3.8) is 0 Å². The predicted molar refractivity (Wildman–Crippen MR) is 70.2 cm³/mol. The lowest BCUT2D eigenvalue weighted by atomic mass is 10.0. The van der Waals surface area contributed by atoms with E-state index in [1.807, 2.05) is 19.3 Å². The van der Waals surface area contributed by atoms with Crippen LogP contribution in [0.2, 0.25) is 0 Å². The Labute approximate surface area is 115 Å². The van der Waals surface area contributed by atoms with Crippen molar-refractivity contribution in [1.29, 1.82) is 0 Å². The maximum Gasteiger partial charge on any atom is 0.416 e. The largest absolute Gasteiger partial charge is 0.416 e. The molecule has 0 bridgehead atoms. The van der Waals surface area contributed by atoms with Gasteiger partial charge in [-0.1, -0.05) is 12.1 Å². The number of alkyl halides is 3. The number of nitrogens with one attached hydrogen (secondary N) is 1. The van der Waals surface area contributed by atoms with Crippen LogP contribution in [0, 0.1) is 0 Å². The van der Waals surface area contributed by atoms with Crippen molar-refractivity contribution in [2.24, 2.45) is 7.05 Å². The van der Waals surface area contributed by atoms with Crippen molar-refractivity contribution in [3.8, 4) is 0 Å². The Balaban J connectivity index is 2.15. The SMILES string of the molecule is CNC(Cc1ccn(C)n1)c1ccc(C(F)(F)F)cc1. The molecule has 3 nitrogen and oxygen atoms in total. The first kappa shape index (κ1) is 14.6. The molecule has 0 saturated heterocycles. The highest BCUT2D eigenvalue weighted by atomic mass is 19.4. The highest BCUT2D eigenvalue weighted by Gasteiger charge is 2.30. The second kappa shape index (κ2) is 5.66. The molecule has 0 fully saturated rings. The molecule has 1 heterocycles. The Bertz CT molecular complexity index is 558. The molecule has 1 unspecified atom stereocenters. The van der Waals surface area contributed by atoms with Crippen LogP contribution in [-0.4, -0.2) is 16.8 Å². The van der Waals surface area contributed by atoms with E-state index in [1.165, 1.54) is 12.1 Å². The van der Waals surface area contributed by atoms with E-state index >= 15 is 0 Å². The molecule has 20 heavy (non-hydrogen) atoms. The van der Waals surface area contributed by atoms with Gasteiger partial charge in [0.2, 0.25) is 0 Å². The van der Waals surface area contributed by atoms with Crippen molar-refractivity contribution in [3.05, 3.63) is 53.3 Å². The van der Waals surface area contributed by atoms with E-state index in [9.17, 15) is 13.2 Å². The highest BCUT2D eigenvalue weighted by molar-refractivity contribution is 5.27. The van der Waals surface area contributed by atoms with E-state index in [1.54, 1.807) is 11.7 Å². The lowest BCUT2D eigenvalue weighted by Crippen LogP contribution is -2.19. The minimum Gasteiger partial charge on any atom is -0.313 e. The maximum atomic E-state index is 12.5. The Morgan fingerprint density at radius 3 is 2.30 bits per heavy atom. The first-order valence-corrected chi connectivity index (χ1v) is 6.23. The van der Waals surface area contributed by atoms with Crippen LogP contribution < -0.4 is 5.32 Å². The fraction of sp³-hybridized carbons (Fsp3) is 0.357. The molecule has 0 amide bonds. The summed E-state index contributed by atoms with van der Waals surface area (Å²) in [4.78, 5) is 0. The molecule has 0 saturated carbocycles. The standard InChI is InChI=1S/C14H16F3N3/c1-18-13(9-12-7-8-20(2)19-12)10-3-5-11(6-4-10)14(15,16)17/h3-8,13,18H,9H2,1-2H3. The average molecular weight is 283 g/mol. The molecule has 0 aliphatic carbocycles. The zero-order chi connectivity index (χ0) is 14.8. The summed E-state index contributed by atoms with van der Waals surface area (Å²) in [5.74, 6) is 0. The van der Waals surface area contributed by atoms with Crippen molar-refractivity contribution in [1.82, 2.24) is 15.1 Å². The first-order chi connectivity index (χ1) is 9.40. The molecule has 0 spiro atoms. The van der Waals surface area contributed by atoms with Crippen LogP contribution in [-0.2, 0) is 19.6 Å². The zero-order valence-corrected chi connectivity index (χ0v) is 11.3. The molecule has 2 aromatic rings. The summed E-state index contributed by atoms with van der Waals surface area (Å²) in [7, 11) is 3.61. The summed E-state index contributed by atoms with van der Waals surface area (Å²) < 4.78 is 39.3. The van der Waals surface area contributed by atoms with E-state index in [2.05, 4.69) is 10.4 Å². The third-order valence-electron chi connectivity index (χ3n) is 3.17. The minimum atomic E-state index is -4.30. The lowest BCUT2D eigenvalue weighted by Gasteiger charge is -2.16. The van der Waals surface area contributed by atoms with E-state index in [4.69, 9.17) is 0 Å². The Kier molecular flexibility index (Phi) is 4.13. The quantitative estimate of drug-likeness (QED) is 0.935. The lowest BCUT2D eigenvalue weighted by molar-refractivity contribution is -0.137. The van der Waals surface area contributed by atoms with Crippen LogP contribution in [0.15, 0.2) is 36.5 Å². The highest BCUT2D eigenvalue weighted by Crippen LogP contribution is 2.30. The summed E-state index contributed by atoms with van der Waals surface area (Å²) in [5, 5.41) is 7.38. The molecular weight excluding hydrogens is 267 g/mol. The molecule has 0 aliphatic rings. The topological polar surface area (TPSA) is 29.9 Å². The van der Waals surface area contributed by atoms with Crippen LogP contribution in [0.3, 0.4) is 0 Å². The molecule has 0 radical (unpaired) electrons. The molecule has 6 heteroatoms. The number of benzene rings is 1. The Hall–Kier alpha value is -1.82. The van der Waals surface area contributed by atoms with Gasteiger partial charge in [-0.05, 0) is 30.8 Å². The molecule has 0 aliphatic heterocycles. The number of aryl methyl sites for hydroxylation is 1. The van der Waals surface area contributed by atoms with Gasteiger partial charge in [-0.3, -0.25) is 4.68 Å². The smallest absolute Gasteiger partial charge is 0.313 e. The number of nitrogens with zero attached hydrogens (tertiary/aromatic N) is 2. The molecule has 1 N–H and O–H groups in total. The Morgan fingerprint density at radius 2 is 1.85 bits per heavy atom. The van der Waals surface area contributed by atoms with Gasteiger partial charge < -0.3 is 5.32 Å². The second-order valence-electron chi connectivity index (χ2n) is 4.65. The maximum absolute atomic E-state index is 12.5. The van der Waals surface area contributed by atoms with Gasteiger partial charge in [0.25, 0.3) is 0 Å². The van der Waals surface area contributed by atoms with Gasteiger partial charge in [0.05, 0.1) is 11.3 Å². The zero-order valence-electron chi connectivity index (χ0n) is 11.3. The van der Waals surface area contributed by atoms with Crippen molar-refractivity contribution < 1.29 is 13.2 Å². The number of hydrogen-bond donors (Lipinski definition) is 1. The fourth-order valence-corrected chi connectivity index (χ4v) is 2.07. The summed E-state index contributed by atoms with van der Waals surface area (Å²) in [6.07, 6.45) is -1.83. The molecule has 2 rings (SSSR count). The third kappa shape index (κ3) is 3.39. The van der Waals surface area contributed by atoms with Crippen molar-refractivity contribution in [2.45, 2.75) is 18.6 Å². The Morgan fingerprint density at radius 1 is 1.20 bits per heavy atom. The van der Waals surface area contributed by atoms with Gasteiger partial charge in [0, 0.05) is 25.7 Å². The number of aromatic nitrogens is 2. The van der Waals surface area contributed by atoms with Crippen LogP contribution in [0.4, 0.5) is 13.2 Å². The van der Waals surface area contributed by atoms with E-state index < -0.39 is 11.7 Å². The van der Waals surface area contributed by atoms with Gasteiger partial charge in [0.15, 0.2) is 0 Å². The van der Waals surface area contributed by atoms with Crippen LogP contribution in [0.1, 0.15) is 22.9 Å². The summed E-state index contributed by atoms with van der Waals surface area (Å²) in [5.41, 5.74) is 1.08. The van der Waals surface area contributed by atoms with Crippen LogP contribution in [0.5, 0.6) is 0 Å². The summed E-state index contributed by atoms with van der Waals surface area (Å²) in [6, 6.07) is 7.07. The van der Waals surface area contributed by atoms with Gasteiger partial charge in [-0.2, -0.15) is 18.3 Å². The number of hydrogen-bond acceptors (Lipinski definition) is 2. The normalized spacial score (nSPS) is 13.4. The van der Waals surface area contributed by atoms with Gasteiger partial charge in [0.1, 0.15) is 0 Å². The third-order valence-corrected chi connectivity index (χ3v) is 3.17. The van der Waals surface area contributed by atoms with E-state index in [0.29, 0.717) is 6.42 Å². The predicted octanol–water partition coefficient (Wildman–Crippen LogP) is 2.94. The fourth-order valence-electron chi connectivity index (χ4n) is 2.07. The first-order valence-electron chi connectivity index (χ1n) is 6.23. The summed E-state index contributed by atoms with van der Waals surface area (Å²) >= 11 is 0. The van der Waals surface area contributed by atoms with Crippen molar-refractivity contribution >= 4 is 0 Å². The van der Waals surface area contributed by atoms with E-state index in [-0.39, 0.29) is 6.04 Å². The average Bonchev–Trinajstić information content (AvgIpc) is 2.81. The number of likely N-dealkylation sites (N-methyl/N-ethyl adjacent to an activating group) is 1. The van der Waals surface area contributed by atoms with E-state index in [0.717, 1.165) is 23.4 Å². The molecule has 108 valence electrons. The minimum absolute atomic E-state index is 0.0628. The van der Waals surface area contributed by atoms with Crippen molar-refractivity contribution in [2.75, 3.05) is 7.05 Å². The molecule has 1 aromatic heterocycles. The van der Waals surface area contributed by atoms with Gasteiger partial charge >= 0.3 is 6.18 Å². The molecule has 1 atom stereocenters. The van der Waals surface area contributed by atoms with Crippen LogP contribution >= 0.6 is 0 Å². The second-order valence-corrected chi connectivity index (χ2v) is 4.65. The van der Waals surface area contributed by atoms with Gasteiger partial charge in [-0.25, -0.2) is 0 Å². The number of halogens is 3. The summed E-state index contributed by atoms with van der Waals surface area (Å²) in [6.45, 7) is 0. The van der Waals surface area contributed by atoms with Crippen LogP contribution in [0.25, 0.3) is 0 Å². The van der Waals surface area contributed by atoms with Gasteiger partial charge in [-0.15, -0.1) is 0 Å². The molecular formula is C14H16F3N3.